The molecule has 3 heterocycles. The van der Waals surface area contributed by atoms with Crippen LogP contribution in [0.5, 0.6) is 0 Å². The topological polar surface area (TPSA) is 58.1 Å². The summed E-state index contributed by atoms with van der Waals surface area (Å²) in [6, 6.07) is 7.81. The minimum atomic E-state index is 0.0955. The number of nitrogens with zero attached hydrogens (tertiary/aromatic N) is 3. The molecule has 1 aliphatic heterocycles. The highest BCUT2D eigenvalue weighted by Gasteiger charge is 2.22. The fourth-order valence-electron chi connectivity index (χ4n) is 3.10. The standard InChI is InChI=1S/C19H20N4OS2/c1-12-13(2)25-17-16(12)18(22-11-21-17)26-15-6-4-3-5-14(15)19(24)23-9-7-20-8-10-23/h3-6,11,20H,7-10H2,1-2H3. The fourth-order valence-corrected chi connectivity index (χ4v) is 5.24. The van der Waals surface area contributed by atoms with E-state index in [-0.39, 0.29) is 5.91 Å². The molecule has 0 aliphatic carbocycles. The molecule has 4 rings (SSSR count). The molecule has 1 aromatic carbocycles. The van der Waals surface area contributed by atoms with Gasteiger partial charge in [0, 0.05) is 41.3 Å². The molecular formula is C19H20N4OS2. The summed E-state index contributed by atoms with van der Waals surface area (Å²) in [6.07, 6.45) is 1.61. The number of aryl methyl sites for hydroxylation is 2. The monoisotopic (exact) mass is 384 g/mol. The van der Waals surface area contributed by atoms with Crippen molar-refractivity contribution in [3.05, 3.63) is 46.6 Å². The maximum Gasteiger partial charge on any atom is 0.255 e. The molecule has 1 N–H and O–H groups in total. The molecule has 134 valence electrons. The predicted molar refractivity (Wildman–Crippen MR) is 106 cm³/mol. The van der Waals surface area contributed by atoms with Crippen LogP contribution in [0.3, 0.4) is 0 Å². The van der Waals surface area contributed by atoms with Gasteiger partial charge in [0.15, 0.2) is 0 Å². The molecule has 1 saturated heterocycles. The van der Waals surface area contributed by atoms with E-state index in [0.29, 0.717) is 0 Å². The Hall–Kier alpha value is -1.96. The van der Waals surface area contributed by atoms with Crippen LogP contribution in [-0.4, -0.2) is 47.0 Å². The Kier molecular flexibility index (Phi) is 4.93. The van der Waals surface area contributed by atoms with Crippen LogP contribution < -0.4 is 5.32 Å². The minimum Gasteiger partial charge on any atom is -0.336 e. The van der Waals surface area contributed by atoms with Crippen LogP contribution in [-0.2, 0) is 0 Å². The van der Waals surface area contributed by atoms with Gasteiger partial charge in [0.1, 0.15) is 16.2 Å². The van der Waals surface area contributed by atoms with Crippen LogP contribution in [0.1, 0.15) is 20.8 Å². The highest BCUT2D eigenvalue weighted by atomic mass is 32.2. The highest BCUT2D eigenvalue weighted by Crippen LogP contribution is 2.38. The number of carbonyl (C=O) groups is 1. The van der Waals surface area contributed by atoms with Crippen LogP contribution in [0.25, 0.3) is 10.2 Å². The van der Waals surface area contributed by atoms with E-state index in [2.05, 4.69) is 29.1 Å². The molecule has 1 amide bonds. The smallest absolute Gasteiger partial charge is 0.255 e. The van der Waals surface area contributed by atoms with Crippen molar-refractivity contribution in [2.75, 3.05) is 26.2 Å². The average molecular weight is 385 g/mol. The number of thiophene rings is 1. The Morgan fingerprint density at radius 3 is 2.77 bits per heavy atom. The van der Waals surface area contributed by atoms with Crippen LogP contribution in [0, 0.1) is 13.8 Å². The van der Waals surface area contributed by atoms with Crippen molar-refractivity contribution >= 4 is 39.2 Å². The first-order chi connectivity index (χ1) is 12.6. The van der Waals surface area contributed by atoms with E-state index in [1.807, 2.05) is 29.2 Å². The number of rotatable bonds is 3. The molecule has 0 spiro atoms. The summed E-state index contributed by atoms with van der Waals surface area (Å²) in [5.74, 6) is 0.0955. The summed E-state index contributed by atoms with van der Waals surface area (Å²) in [4.78, 5) is 27.0. The van der Waals surface area contributed by atoms with Crippen molar-refractivity contribution in [3.8, 4) is 0 Å². The number of fused-ring (bicyclic) bond motifs is 1. The lowest BCUT2D eigenvalue weighted by atomic mass is 10.2. The first-order valence-corrected chi connectivity index (χ1v) is 10.3. The lowest BCUT2D eigenvalue weighted by molar-refractivity contribution is 0.0732. The van der Waals surface area contributed by atoms with Crippen molar-refractivity contribution in [1.29, 1.82) is 0 Å². The van der Waals surface area contributed by atoms with E-state index in [4.69, 9.17) is 0 Å². The van der Waals surface area contributed by atoms with Gasteiger partial charge in [0.2, 0.25) is 0 Å². The van der Waals surface area contributed by atoms with Gasteiger partial charge < -0.3 is 10.2 Å². The molecule has 1 fully saturated rings. The second kappa shape index (κ2) is 7.34. The minimum absolute atomic E-state index is 0.0955. The molecule has 1 aliphatic rings. The van der Waals surface area contributed by atoms with Crippen molar-refractivity contribution in [2.24, 2.45) is 0 Å². The number of carbonyl (C=O) groups excluding carboxylic acids is 1. The van der Waals surface area contributed by atoms with E-state index in [0.717, 1.165) is 51.9 Å². The van der Waals surface area contributed by atoms with Gasteiger partial charge in [-0.1, -0.05) is 23.9 Å². The van der Waals surface area contributed by atoms with Crippen LogP contribution in [0.2, 0.25) is 0 Å². The van der Waals surface area contributed by atoms with Crippen molar-refractivity contribution < 1.29 is 4.79 Å². The van der Waals surface area contributed by atoms with Gasteiger partial charge >= 0.3 is 0 Å². The summed E-state index contributed by atoms with van der Waals surface area (Å²) < 4.78 is 0. The Bertz CT molecular complexity index is 963. The molecule has 3 aromatic rings. The number of hydrogen-bond donors (Lipinski definition) is 1. The molecule has 26 heavy (non-hydrogen) atoms. The van der Waals surface area contributed by atoms with E-state index >= 15 is 0 Å². The van der Waals surface area contributed by atoms with E-state index in [1.165, 1.54) is 10.4 Å². The van der Waals surface area contributed by atoms with Crippen molar-refractivity contribution in [1.82, 2.24) is 20.2 Å². The molecule has 0 radical (unpaired) electrons. The zero-order chi connectivity index (χ0) is 18.1. The molecule has 0 atom stereocenters. The van der Waals surface area contributed by atoms with Crippen molar-refractivity contribution in [3.63, 3.8) is 0 Å². The lowest BCUT2D eigenvalue weighted by Gasteiger charge is -2.28. The second-order valence-electron chi connectivity index (χ2n) is 6.28. The van der Waals surface area contributed by atoms with Crippen molar-refractivity contribution in [2.45, 2.75) is 23.8 Å². The first kappa shape index (κ1) is 17.5. The molecule has 5 nitrogen and oxygen atoms in total. The van der Waals surface area contributed by atoms with Crippen LogP contribution in [0.4, 0.5) is 0 Å². The molecule has 2 aromatic heterocycles. The first-order valence-electron chi connectivity index (χ1n) is 8.62. The van der Waals surface area contributed by atoms with Gasteiger partial charge in [-0.3, -0.25) is 4.79 Å². The van der Waals surface area contributed by atoms with Gasteiger partial charge in [-0.05, 0) is 31.5 Å². The zero-order valence-electron chi connectivity index (χ0n) is 14.8. The largest absolute Gasteiger partial charge is 0.336 e. The summed E-state index contributed by atoms with van der Waals surface area (Å²) in [6.45, 7) is 7.41. The molecule has 0 saturated carbocycles. The second-order valence-corrected chi connectivity index (χ2v) is 8.52. The third-order valence-electron chi connectivity index (χ3n) is 4.66. The fraction of sp³-hybridized carbons (Fsp3) is 0.316. The normalized spacial score (nSPS) is 14.8. The van der Waals surface area contributed by atoms with Gasteiger partial charge in [-0.2, -0.15) is 0 Å². The Morgan fingerprint density at radius 1 is 1.19 bits per heavy atom. The Labute approximate surface area is 160 Å². The zero-order valence-corrected chi connectivity index (χ0v) is 16.4. The van der Waals surface area contributed by atoms with Gasteiger partial charge in [-0.25, -0.2) is 9.97 Å². The van der Waals surface area contributed by atoms with Gasteiger partial charge in [-0.15, -0.1) is 11.3 Å². The summed E-state index contributed by atoms with van der Waals surface area (Å²) in [5, 5.41) is 5.30. The SMILES string of the molecule is Cc1sc2ncnc(Sc3ccccc3C(=O)N3CCNCC3)c2c1C. The summed E-state index contributed by atoms with van der Waals surface area (Å²) >= 11 is 3.25. The van der Waals surface area contributed by atoms with Gasteiger partial charge in [0.25, 0.3) is 5.91 Å². The molecular weight excluding hydrogens is 364 g/mol. The third kappa shape index (κ3) is 3.22. The number of amides is 1. The number of piperazine rings is 1. The predicted octanol–water partition coefficient (Wildman–Crippen LogP) is 3.50. The number of hydrogen-bond acceptors (Lipinski definition) is 6. The number of aromatic nitrogens is 2. The summed E-state index contributed by atoms with van der Waals surface area (Å²) in [5.41, 5.74) is 1.97. The maximum absolute atomic E-state index is 13.0. The Morgan fingerprint density at radius 2 is 1.96 bits per heavy atom. The van der Waals surface area contributed by atoms with Crippen LogP contribution >= 0.6 is 23.1 Å². The molecule has 0 bridgehead atoms. The molecule has 0 unspecified atom stereocenters. The average Bonchev–Trinajstić information content (AvgIpc) is 2.97. The van der Waals surface area contributed by atoms with Gasteiger partial charge in [0.05, 0.1) is 5.56 Å². The molecule has 7 heteroatoms. The number of nitrogens with one attached hydrogen (secondary N) is 1. The maximum atomic E-state index is 13.0. The Balaban J connectivity index is 1.71. The highest BCUT2D eigenvalue weighted by molar-refractivity contribution is 7.99. The van der Waals surface area contributed by atoms with E-state index in [9.17, 15) is 4.79 Å². The summed E-state index contributed by atoms with van der Waals surface area (Å²) in [7, 11) is 0. The quantitative estimate of drug-likeness (QED) is 0.701. The number of benzene rings is 1. The van der Waals surface area contributed by atoms with E-state index in [1.54, 1.807) is 29.4 Å². The van der Waals surface area contributed by atoms with Crippen LogP contribution in [0.15, 0.2) is 40.5 Å². The van der Waals surface area contributed by atoms with E-state index < -0.39 is 0 Å². The lowest BCUT2D eigenvalue weighted by Crippen LogP contribution is -2.46. The third-order valence-corrected chi connectivity index (χ3v) is 6.85.